The highest BCUT2D eigenvalue weighted by Crippen LogP contribution is 2.24. The van der Waals surface area contributed by atoms with Crippen molar-refractivity contribution in [2.45, 2.75) is 46.0 Å². The first-order chi connectivity index (χ1) is 16.7. The van der Waals surface area contributed by atoms with E-state index in [9.17, 15) is 4.79 Å². The standard InChI is InChI=1S/C25H32N6O3/c1-3-5-17-34-20-9-7-19(8-10-20)21-18-22-25-28-27-23(30(25)14-15-31(22)29-21)11-12-24(32)26-13-6-16-33-4-2/h7-10,14-15,18H,3-6,11-13,16-17H2,1-2H3,(H,26,32). The molecule has 3 heterocycles. The van der Waals surface area contributed by atoms with E-state index >= 15 is 0 Å². The van der Waals surface area contributed by atoms with Gasteiger partial charge in [-0.1, -0.05) is 13.3 Å². The fraction of sp³-hybridized carbons (Fsp3) is 0.440. The van der Waals surface area contributed by atoms with Crippen LogP contribution in [0.2, 0.25) is 0 Å². The third-order valence-corrected chi connectivity index (χ3v) is 5.57. The van der Waals surface area contributed by atoms with Crippen molar-refractivity contribution in [1.29, 1.82) is 0 Å². The first-order valence-electron chi connectivity index (χ1n) is 12.0. The van der Waals surface area contributed by atoms with Gasteiger partial charge in [0, 0.05) is 50.6 Å². The molecule has 1 aromatic carbocycles. The van der Waals surface area contributed by atoms with Crippen LogP contribution in [0.3, 0.4) is 0 Å². The second-order valence-electron chi connectivity index (χ2n) is 8.09. The molecule has 34 heavy (non-hydrogen) atoms. The lowest BCUT2D eigenvalue weighted by atomic mass is 10.1. The Kier molecular flexibility index (Phi) is 8.08. The number of fused-ring (bicyclic) bond motifs is 3. The first kappa shape index (κ1) is 23.7. The van der Waals surface area contributed by atoms with Crippen molar-refractivity contribution in [3.63, 3.8) is 0 Å². The lowest BCUT2D eigenvalue weighted by Gasteiger charge is -2.05. The quantitative estimate of drug-likeness (QED) is 0.303. The minimum Gasteiger partial charge on any atom is -0.494 e. The van der Waals surface area contributed by atoms with Gasteiger partial charge < -0.3 is 14.8 Å². The lowest BCUT2D eigenvalue weighted by Crippen LogP contribution is -2.25. The van der Waals surface area contributed by atoms with Crippen LogP contribution in [0, 0.1) is 0 Å². The van der Waals surface area contributed by atoms with Crippen molar-refractivity contribution < 1.29 is 14.3 Å². The molecule has 4 aromatic rings. The number of aromatic nitrogens is 5. The summed E-state index contributed by atoms with van der Waals surface area (Å²) in [6.07, 6.45) is 7.61. The average molecular weight is 465 g/mol. The molecule has 4 rings (SSSR count). The zero-order valence-electron chi connectivity index (χ0n) is 19.9. The number of nitrogens with one attached hydrogen (secondary N) is 1. The second-order valence-corrected chi connectivity index (χ2v) is 8.09. The molecular formula is C25H32N6O3. The predicted octanol–water partition coefficient (Wildman–Crippen LogP) is 3.70. The summed E-state index contributed by atoms with van der Waals surface area (Å²) in [6, 6.07) is 9.99. The molecule has 0 aliphatic carbocycles. The second kappa shape index (κ2) is 11.6. The van der Waals surface area contributed by atoms with Crippen LogP contribution in [0.25, 0.3) is 22.4 Å². The van der Waals surface area contributed by atoms with Gasteiger partial charge >= 0.3 is 0 Å². The summed E-state index contributed by atoms with van der Waals surface area (Å²) in [7, 11) is 0. The summed E-state index contributed by atoms with van der Waals surface area (Å²) in [6.45, 7) is 6.81. The zero-order chi connectivity index (χ0) is 23.8. The van der Waals surface area contributed by atoms with E-state index in [1.165, 1.54) is 0 Å². The molecule has 9 nitrogen and oxygen atoms in total. The maximum atomic E-state index is 12.1. The Morgan fingerprint density at radius 3 is 2.71 bits per heavy atom. The molecule has 0 spiro atoms. The number of ether oxygens (including phenoxy) is 2. The fourth-order valence-electron chi connectivity index (χ4n) is 3.69. The number of aryl methyl sites for hydroxylation is 1. The van der Waals surface area contributed by atoms with Gasteiger partial charge in [0.15, 0.2) is 5.65 Å². The molecule has 3 aromatic heterocycles. The molecule has 1 amide bonds. The van der Waals surface area contributed by atoms with Crippen molar-refractivity contribution in [2.24, 2.45) is 0 Å². The fourth-order valence-corrected chi connectivity index (χ4v) is 3.69. The van der Waals surface area contributed by atoms with Gasteiger partial charge in [-0.25, -0.2) is 4.52 Å². The monoisotopic (exact) mass is 464 g/mol. The molecule has 0 atom stereocenters. The summed E-state index contributed by atoms with van der Waals surface area (Å²) >= 11 is 0. The lowest BCUT2D eigenvalue weighted by molar-refractivity contribution is -0.121. The molecule has 180 valence electrons. The summed E-state index contributed by atoms with van der Waals surface area (Å²) < 4.78 is 14.8. The van der Waals surface area contributed by atoms with E-state index < -0.39 is 0 Å². The number of nitrogens with zero attached hydrogens (tertiary/aromatic N) is 5. The van der Waals surface area contributed by atoms with Gasteiger partial charge in [-0.05, 0) is 50.1 Å². The highest BCUT2D eigenvalue weighted by atomic mass is 16.5. The maximum Gasteiger partial charge on any atom is 0.220 e. The molecule has 0 fully saturated rings. The number of hydrogen-bond donors (Lipinski definition) is 1. The SMILES string of the molecule is CCCCOc1ccc(-c2cc3c4nnc(CCC(=O)NCCCOCC)n4ccn3n2)cc1. The van der Waals surface area contributed by atoms with E-state index in [2.05, 4.69) is 22.4 Å². The van der Waals surface area contributed by atoms with E-state index in [1.54, 1.807) is 4.52 Å². The van der Waals surface area contributed by atoms with Gasteiger partial charge in [-0.2, -0.15) is 5.10 Å². The van der Waals surface area contributed by atoms with Crippen LogP contribution in [-0.2, 0) is 16.0 Å². The van der Waals surface area contributed by atoms with Crippen molar-refractivity contribution in [1.82, 2.24) is 29.5 Å². The third kappa shape index (κ3) is 5.72. The number of benzene rings is 1. The molecule has 9 heteroatoms. The maximum absolute atomic E-state index is 12.1. The van der Waals surface area contributed by atoms with Crippen LogP contribution in [-0.4, -0.2) is 56.5 Å². The Labute approximate surface area is 199 Å². The Hall–Kier alpha value is -3.46. The Morgan fingerprint density at radius 2 is 1.91 bits per heavy atom. The van der Waals surface area contributed by atoms with Gasteiger partial charge in [-0.3, -0.25) is 9.20 Å². The molecule has 0 aliphatic rings. The number of carbonyl (C=O) groups is 1. The topological polar surface area (TPSA) is 95.0 Å². The molecule has 0 bridgehead atoms. The summed E-state index contributed by atoms with van der Waals surface area (Å²) in [5.41, 5.74) is 3.43. The summed E-state index contributed by atoms with van der Waals surface area (Å²) in [5, 5.41) is 16.3. The smallest absolute Gasteiger partial charge is 0.220 e. The van der Waals surface area contributed by atoms with E-state index in [0.717, 1.165) is 54.2 Å². The number of rotatable bonds is 13. The third-order valence-electron chi connectivity index (χ3n) is 5.57. The summed E-state index contributed by atoms with van der Waals surface area (Å²) in [5.74, 6) is 1.62. The summed E-state index contributed by atoms with van der Waals surface area (Å²) in [4.78, 5) is 12.1. The van der Waals surface area contributed by atoms with Crippen molar-refractivity contribution in [2.75, 3.05) is 26.4 Å². The van der Waals surface area contributed by atoms with Crippen LogP contribution in [0.15, 0.2) is 42.7 Å². The molecule has 0 radical (unpaired) electrons. The molecule has 1 N–H and O–H groups in total. The minimum atomic E-state index is 0.00286. The Morgan fingerprint density at radius 1 is 1.06 bits per heavy atom. The van der Waals surface area contributed by atoms with Gasteiger partial charge in [0.2, 0.25) is 5.91 Å². The largest absolute Gasteiger partial charge is 0.494 e. The molecule has 0 unspecified atom stereocenters. The van der Waals surface area contributed by atoms with Gasteiger partial charge in [0.05, 0.1) is 12.3 Å². The van der Waals surface area contributed by atoms with Crippen molar-refractivity contribution in [3.05, 3.63) is 48.5 Å². The number of unbranched alkanes of at least 4 members (excludes halogenated alkanes) is 1. The van der Waals surface area contributed by atoms with Gasteiger partial charge in [0.25, 0.3) is 0 Å². The van der Waals surface area contributed by atoms with Crippen molar-refractivity contribution in [3.8, 4) is 17.0 Å². The van der Waals surface area contributed by atoms with E-state index in [4.69, 9.17) is 14.6 Å². The number of carbonyl (C=O) groups excluding carboxylic acids is 1. The zero-order valence-corrected chi connectivity index (χ0v) is 19.9. The molecule has 0 saturated heterocycles. The Balaban J connectivity index is 1.42. The van der Waals surface area contributed by atoms with Crippen LogP contribution in [0.4, 0.5) is 0 Å². The van der Waals surface area contributed by atoms with Crippen LogP contribution in [0.5, 0.6) is 5.75 Å². The van der Waals surface area contributed by atoms with Gasteiger partial charge in [0.1, 0.15) is 17.1 Å². The predicted molar refractivity (Wildman–Crippen MR) is 130 cm³/mol. The Bertz CT molecular complexity index is 1210. The van der Waals surface area contributed by atoms with Crippen LogP contribution in [0.1, 0.15) is 45.4 Å². The van der Waals surface area contributed by atoms with E-state index in [1.807, 2.05) is 54.0 Å². The first-order valence-corrected chi connectivity index (χ1v) is 12.0. The van der Waals surface area contributed by atoms with Crippen LogP contribution < -0.4 is 10.1 Å². The number of hydrogen-bond acceptors (Lipinski definition) is 6. The van der Waals surface area contributed by atoms with E-state index in [-0.39, 0.29) is 5.91 Å². The van der Waals surface area contributed by atoms with E-state index in [0.29, 0.717) is 38.2 Å². The highest BCUT2D eigenvalue weighted by Gasteiger charge is 2.13. The van der Waals surface area contributed by atoms with Crippen LogP contribution >= 0.6 is 0 Å². The molecule has 0 saturated carbocycles. The minimum absolute atomic E-state index is 0.00286. The van der Waals surface area contributed by atoms with Gasteiger partial charge in [-0.15, -0.1) is 10.2 Å². The normalized spacial score (nSPS) is 11.4. The number of amides is 1. The highest BCUT2D eigenvalue weighted by molar-refractivity contribution is 5.77. The van der Waals surface area contributed by atoms with Crippen molar-refractivity contribution >= 4 is 17.1 Å². The average Bonchev–Trinajstić information content (AvgIpc) is 3.47. The molecule has 0 aliphatic heterocycles. The molecular weight excluding hydrogens is 432 g/mol.